The molecule has 0 rings (SSSR count). The number of nitrogens with zero attached hydrogens (tertiary/aromatic N) is 1. The van der Waals surface area contributed by atoms with Crippen molar-refractivity contribution >= 4 is 11.8 Å². The van der Waals surface area contributed by atoms with Crippen LogP contribution in [0.15, 0.2) is 16.9 Å². The van der Waals surface area contributed by atoms with Crippen molar-refractivity contribution in [3.8, 4) is 0 Å². The molecular weight excluding hydrogens is 201 g/mol. The number of carboxylic acid groups (broad SMARTS) is 1. The Hall–Kier alpha value is -1.43. The van der Waals surface area contributed by atoms with E-state index in [-0.39, 0.29) is 19.4 Å². The highest BCUT2D eigenvalue weighted by molar-refractivity contribution is 5.77. The minimum absolute atomic E-state index is 0.107. The summed E-state index contributed by atoms with van der Waals surface area (Å²) in [6.07, 6.45) is 1.75. The first kappa shape index (κ1) is 13.6. The standard InChI is InChI=1S/C9H16FN3O2/c1-6(11)13-5-7(10)3-2-4-8(12)9(14)15/h3,8H,2,4-5,12H2,1H3,(H2,11,13)(H,14,15)/t8-/m1/s1. The molecule has 0 aliphatic heterocycles. The number of aliphatic carboxylic acids is 1. The van der Waals surface area contributed by atoms with Gasteiger partial charge in [-0.3, -0.25) is 9.79 Å². The van der Waals surface area contributed by atoms with E-state index >= 15 is 0 Å². The molecule has 0 saturated heterocycles. The fourth-order valence-corrected chi connectivity index (χ4v) is 0.808. The molecule has 0 spiro atoms. The van der Waals surface area contributed by atoms with Crippen molar-refractivity contribution in [2.75, 3.05) is 6.54 Å². The molecule has 0 bridgehead atoms. The second-order valence-corrected chi connectivity index (χ2v) is 3.13. The van der Waals surface area contributed by atoms with Crippen LogP contribution in [-0.2, 0) is 4.79 Å². The minimum atomic E-state index is -1.08. The maximum Gasteiger partial charge on any atom is 0.320 e. The average molecular weight is 217 g/mol. The average Bonchev–Trinajstić information content (AvgIpc) is 2.14. The lowest BCUT2D eigenvalue weighted by Gasteiger charge is -2.02. The molecule has 0 aromatic carbocycles. The third kappa shape index (κ3) is 7.63. The van der Waals surface area contributed by atoms with Gasteiger partial charge in [0.1, 0.15) is 11.9 Å². The number of rotatable bonds is 6. The summed E-state index contributed by atoms with van der Waals surface area (Å²) < 4.78 is 12.9. The highest BCUT2D eigenvalue weighted by Crippen LogP contribution is 2.03. The number of amidine groups is 1. The SMILES string of the molecule is CC(N)=NCC(F)=CCC[C@@H](N)C(=O)O. The summed E-state index contributed by atoms with van der Waals surface area (Å²) >= 11 is 0. The molecule has 5 N–H and O–H groups in total. The summed E-state index contributed by atoms with van der Waals surface area (Å²) in [7, 11) is 0. The molecule has 0 aromatic heterocycles. The molecule has 6 heteroatoms. The number of nitrogens with two attached hydrogens (primary N) is 2. The van der Waals surface area contributed by atoms with Gasteiger partial charge in [0.05, 0.1) is 12.4 Å². The van der Waals surface area contributed by atoms with Crippen LogP contribution in [0.4, 0.5) is 4.39 Å². The molecule has 0 fully saturated rings. The Morgan fingerprint density at radius 2 is 2.27 bits per heavy atom. The molecular formula is C9H16FN3O2. The Kier molecular flexibility index (Phi) is 6.28. The number of halogens is 1. The van der Waals surface area contributed by atoms with E-state index in [4.69, 9.17) is 16.6 Å². The second kappa shape index (κ2) is 6.94. The quantitative estimate of drug-likeness (QED) is 0.443. The Balaban J connectivity index is 3.86. The molecule has 0 aliphatic rings. The highest BCUT2D eigenvalue weighted by atomic mass is 19.1. The molecule has 0 heterocycles. The van der Waals surface area contributed by atoms with Gasteiger partial charge < -0.3 is 16.6 Å². The van der Waals surface area contributed by atoms with Crippen molar-refractivity contribution in [3.05, 3.63) is 11.9 Å². The zero-order chi connectivity index (χ0) is 11.8. The lowest BCUT2D eigenvalue weighted by atomic mass is 10.1. The van der Waals surface area contributed by atoms with Crippen LogP contribution in [-0.4, -0.2) is 29.5 Å². The van der Waals surface area contributed by atoms with Gasteiger partial charge in [0.25, 0.3) is 0 Å². The maximum atomic E-state index is 12.9. The number of aliphatic imine (C=N–C) groups is 1. The van der Waals surface area contributed by atoms with Gasteiger partial charge in [-0.25, -0.2) is 4.39 Å². The maximum absolute atomic E-state index is 12.9. The Morgan fingerprint density at radius 3 is 2.73 bits per heavy atom. The van der Waals surface area contributed by atoms with Crippen LogP contribution in [0.5, 0.6) is 0 Å². The van der Waals surface area contributed by atoms with E-state index in [0.717, 1.165) is 0 Å². The van der Waals surface area contributed by atoms with E-state index in [1.54, 1.807) is 6.92 Å². The molecule has 0 radical (unpaired) electrons. The van der Waals surface area contributed by atoms with E-state index in [9.17, 15) is 9.18 Å². The van der Waals surface area contributed by atoms with Crippen molar-refractivity contribution in [1.82, 2.24) is 0 Å². The topological polar surface area (TPSA) is 102 Å². The van der Waals surface area contributed by atoms with Gasteiger partial charge in [0.2, 0.25) is 0 Å². The van der Waals surface area contributed by atoms with Crippen molar-refractivity contribution in [1.29, 1.82) is 0 Å². The van der Waals surface area contributed by atoms with Crippen molar-refractivity contribution in [3.63, 3.8) is 0 Å². The second-order valence-electron chi connectivity index (χ2n) is 3.13. The van der Waals surface area contributed by atoms with Gasteiger partial charge in [-0.15, -0.1) is 0 Å². The Bertz CT molecular complexity index is 273. The monoisotopic (exact) mass is 217 g/mol. The Labute approximate surface area is 87.7 Å². The van der Waals surface area contributed by atoms with Crippen molar-refractivity contribution in [2.24, 2.45) is 16.5 Å². The minimum Gasteiger partial charge on any atom is -0.480 e. The summed E-state index contributed by atoms with van der Waals surface area (Å²) in [6, 6.07) is -0.950. The van der Waals surface area contributed by atoms with Crippen LogP contribution in [0.1, 0.15) is 19.8 Å². The number of carboxylic acids is 1. The molecule has 0 aromatic rings. The Morgan fingerprint density at radius 1 is 1.67 bits per heavy atom. The fraction of sp³-hybridized carbons (Fsp3) is 0.556. The summed E-state index contributed by atoms with van der Waals surface area (Å²) in [5.41, 5.74) is 10.4. The molecule has 1 atom stereocenters. The normalized spacial score (nSPS) is 15.1. The summed E-state index contributed by atoms with van der Waals surface area (Å²) in [4.78, 5) is 14.0. The van der Waals surface area contributed by atoms with Crippen LogP contribution < -0.4 is 11.5 Å². The number of hydrogen-bond donors (Lipinski definition) is 3. The van der Waals surface area contributed by atoms with Crippen LogP contribution in [0, 0.1) is 0 Å². The molecule has 86 valence electrons. The third-order valence-corrected chi connectivity index (χ3v) is 1.64. The van der Waals surface area contributed by atoms with Crippen LogP contribution in [0.2, 0.25) is 0 Å². The van der Waals surface area contributed by atoms with Gasteiger partial charge in [-0.2, -0.15) is 0 Å². The predicted molar refractivity (Wildman–Crippen MR) is 56.2 cm³/mol. The van der Waals surface area contributed by atoms with E-state index in [1.165, 1.54) is 6.08 Å². The van der Waals surface area contributed by atoms with Crippen LogP contribution in [0.25, 0.3) is 0 Å². The van der Waals surface area contributed by atoms with Crippen LogP contribution in [0.3, 0.4) is 0 Å². The number of allylic oxidation sites excluding steroid dienone is 1. The van der Waals surface area contributed by atoms with Crippen molar-refractivity contribution in [2.45, 2.75) is 25.8 Å². The predicted octanol–water partition coefficient (Wildman–Crippen LogP) is 0.409. The molecule has 0 aliphatic carbocycles. The lowest BCUT2D eigenvalue weighted by molar-refractivity contribution is -0.138. The van der Waals surface area contributed by atoms with E-state index < -0.39 is 17.8 Å². The first-order chi connectivity index (χ1) is 6.93. The largest absolute Gasteiger partial charge is 0.480 e. The molecule has 15 heavy (non-hydrogen) atoms. The van der Waals surface area contributed by atoms with Gasteiger partial charge in [-0.1, -0.05) is 6.08 Å². The third-order valence-electron chi connectivity index (χ3n) is 1.64. The van der Waals surface area contributed by atoms with E-state index in [0.29, 0.717) is 5.84 Å². The fourth-order valence-electron chi connectivity index (χ4n) is 0.808. The van der Waals surface area contributed by atoms with Gasteiger partial charge in [0, 0.05) is 0 Å². The van der Waals surface area contributed by atoms with Crippen LogP contribution >= 0.6 is 0 Å². The first-order valence-corrected chi connectivity index (χ1v) is 4.53. The molecule has 0 saturated carbocycles. The summed E-state index contributed by atoms with van der Waals surface area (Å²) in [5.74, 6) is -1.21. The highest BCUT2D eigenvalue weighted by Gasteiger charge is 2.09. The van der Waals surface area contributed by atoms with Gasteiger partial charge in [0.15, 0.2) is 0 Å². The lowest BCUT2D eigenvalue weighted by Crippen LogP contribution is -2.29. The van der Waals surface area contributed by atoms with Crippen molar-refractivity contribution < 1.29 is 14.3 Å². The van der Waals surface area contributed by atoms with Gasteiger partial charge >= 0.3 is 5.97 Å². The first-order valence-electron chi connectivity index (χ1n) is 4.53. The smallest absolute Gasteiger partial charge is 0.320 e. The van der Waals surface area contributed by atoms with E-state index in [1.807, 2.05) is 0 Å². The molecule has 0 unspecified atom stereocenters. The molecule has 5 nitrogen and oxygen atoms in total. The number of hydrogen-bond acceptors (Lipinski definition) is 3. The van der Waals surface area contributed by atoms with E-state index in [2.05, 4.69) is 4.99 Å². The zero-order valence-corrected chi connectivity index (χ0v) is 8.61. The van der Waals surface area contributed by atoms with Gasteiger partial charge in [-0.05, 0) is 19.8 Å². The summed E-state index contributed by atoms with van der Waals surface area (Å²) in [6.45, 7) is 1.46. The molecule has 0 amide bonds. The number of carbonyl (C=O) groups is 1. The summed E-state index contributed by atoms with van der Waals surface area (Å²) in [5, 5.41) is 8.45. The zero-order valence-electron chi connectivity index (χ0n) is 8.61.